The number of Topliss-reactive ketones (excluding diaryl/α,β-unsaturated/α-hetero) is 2. The number of likely N-dealkylation sites (N-methyl/N-ethyl adjacent to an activating group) is 1. The predicted octanol–water partition coefficient (Wildman–Crippen LogP) is 0.975. The molecule has 0 N–H and O–H groups in total. The van der Waals surface area contributed by atoms with E-state index in [2.05, 4.69) is 13.8 Å². The SMILES string of the molecule is CC(C)B1CC(=O)CN(C)CC(=O)C1. The molecule has 0 unspecified atom stereocenters. The van der Waals surface area contributed by atoms with Crippen LogP contribution in [-0.2, 0) is 9.59 Å². The number of nitrogens with zero attached hydrogens (tertiary/aromatic N) is 1. The minimum absolute atomic E-state index is 0.253. The highest BCUT2D eigenvalue weighted by atomic mass is 16.1. The van der Waals surface area contributed by atoms with Crippen LogP contribution in [0.5, 0.6) is 0 Å². The molecule has 1 fully saturated rings. The van der Waals surface area contributed by atoms with Crippen LogP contribution < -0.4 is 0 Å². The zero-order valence-electron chi connectivity index (χ0n) is 9.25. The summed E-state index contributed by atoms with van der Waals surface area (Å²) in [6.07, 6.45) is 1.13. The third-order valence-corrected chi connectivity index (χ3v) is 2.82. The lowest BCUT2D eigenvalue weighted by molar-refractivity contribution is -0.121. The van der Waals surface area contributed by atoms with Gasteiger partial charge in [0, 0.05) is 0 Å². The molecule has 0 aromatic heterocycles. The smallest absolute Gasteiger partial charge is 0.159 e. The van der Waals surface area contributed by atoms with E-state index in [0.717, 1.165) is 0 Å². The summed E-state index contributed by atoms with van der Waals surface area (Å²) in [6, 6.07) is 0. The lowest BCUT2D eigenvalue weighted by Gasteiger charge is -2.23. The first-order valence-corrected chi connectivity index (χ1v) is 5.21. The van der Waals surface area contributed by atoms with Crippen molar-refractivity contribution in [3.05, 3.63) is 0 Å². The van der Waals surface area contributed by atoms with Crippen molar-refractivity contribution in [1.82, 2.24) is 4.90 Å². The van der Waals surface area contributed by atoms with Crippen LogP contribution in [0.1, 0.15) is 13.8 Å². The van der Waals surface area contributed by atoms with Gasteiger partial charge < -0.3 is 0 Å². The lowest BCUT2D eigenvalue weighted by Crippen LogP contribution is -2.38. The zero-order chi connectivity index (χ0) is 10.7. The van der Waals surface area contributed by atoms with Crippen LogP contribution in [0.2, 0.25) is 18.5 Å². The number of ketones is 2. The highest BCUT2D eigenvalue weighted by Crippen LogP contribution is 2.18. The number of hydrogen-bond donors (Lipinski definition) is 0. The molecule has 1 heterocycles. The van der Waals surface area contributed by atoms with Gasteiger partial charge in [-0.3, -0.25) is 14.5 Å². The van der Waals surface area contributed by atoms with Crippen molar-refractivity contribution in [2.75, 3.05) is 20.1 Å². The standard InChI is InChI=1S/C10H18BNO2/c1-8(2)11-4-9(13)6-12(3)7-10(14)5-11/h8H,4-7H2,1-3H3. The van der Waals surface area contributed by atoms with Gasteiger partial charge in [0.2, 0.25) is 0 Å². The lowest BCUT2D eigenvalue weighted by atomic mass is 9.36. The Morgan fingerprint density at radius 2 is 1.57 bits per heavy atom. The molecule has 0 radical (unpaired) electrons. The molecule has 0 aromatic rings. The first kappa shape index (κ1) is 11.4. The second-order valence-electron chi connectivity index (χ2n) is 4.66. The fourth-order valence-electron chi connectivity index (χ4n) is 1.92. The molecule has 0 atom stereocenters. The first-order chi connectivity index (χ1) is 6.49. The highest BCUT2D eigenvalue weighted by molar-refractivity contribution is 6.67. The normalized spacial score (nSPS) is 21.3. The summed E-state index contributed by atoms with van der Waals surface area (Å²) in [7, 11) is 1.82. The molecular formula is C10H18BNO2. The van der Waals surface area contributed by atoms with Crippen LogP contribution in [0.3, 0.4) is 0 Å². The molecule has 1 aliphatic rings. The van der Waals surface area contributed by atoms with E-state index < -0.39 is 0 Å². The molecule has 0 spiro atoms. The van der Waals surface area contributed by atoms with Gasteiger partial charge in [-0.05, 0) is 19.7 Å². The fourth-order valence-corrected chi connectivity index (χ4v) is 1.92. The Kier molecular flexibility index (Phi) is 3.87. The number of hydrogen-bond acceptors (Lipinski definition) is 3. The van der Waals surface area contributed by atoms with E-state index in [4.69, 9.17) is 0 Å². The Morgan fingerprint density at radius 1 is 1.14 bits per heavy atom. The van der Waals surface area contributed by atoms with Gasteiger partial charge in [-0.15, -0.1) is 0 Å². The van der Waals surface area contributed by atoms with E-state index in [9.17, 15) is 9.59 Å². The Balaban J connectivity index is 2.65. The van der Waals surface area contributed by atoms with Crippen molar-refractivity contribution in [1.29, 1.82) is 0 Å². The number of carbonyl (C=O) groups excluding carboxylic acids is 2. The molecular weight excluding hydrogens is 177 g/mol. The van der Waals surface area contributed by atoms with Crippen LogP contribution in [-0.4, -0.2) is 43.3 Å². The van der Waals surface area contributed by atoms with Crippen LogP contribution in [0, 0.1) is 0 Å². The van der Waals surface area contributed by atoms with Crippen molar-refractivity contribution in [2.45, 2.75) is 32.3 Å². The molecule has 14 heavy (non-hydrogen) atoms. The van der Waals surface area contributed by atoms with E-state index in [1.165, 1.54) is 0 Å². The Morgan fingerprint density at radius 3 is 1.93 bits per heavy atom. The molecule has 1 aliphatic heterocycles. The van der Waals surface area contributed by atoms with Gasteiger partial charge in [0.05, 0.1) is 13.1 Å². The predicted molar refractivity (Wildman–Crippen MR) is 58.0 cm³/mol. The average Bonchev–Trinajstić information content (AvgIpc) is 1.99. The molecule has 0 saturated carbocycles. The van der Waals surface area contributed by atoms with E-state index in [1.807, 2.05) is 7.05 Å². The second kappa shape index (κ2) is 4.74. The minimum atomic E-state index is 0.253. The third kappa shape index (κ3) is 3.26. The summed E-state index contributed by atoms with van der Waals surface area (Å²) in [6.45, 7) is 5.26. The Hall–Kier alpha value is -0.635. The summed E-state index contributed by atoms with van der Waals surface area (Å²) in [5.41, 5.74) is 0. The van der Waals surface area contributed by atoms with Gasteiger partial charge in [0.15, 0.2) is 6.71 Å². The van der Waals surface area contributed by atoms with Crippen molar-refractivity contribution in [2.24, 2.45) is 0 Å². The first-order valence-electron chi connectivity index (χ1n) is 5.21. The second-order valence-corrected chi connectivity index (χ2v) is 4.66. The van der Waals surface area contributed by atoms with Gasteiger partial charge in [0.1, 0.15) is 11.6 Å². The summed E-state index contributed by atoms with van der Waals surface area (Å²) in [5.74, 6) is 0.948. The van der Waals surface area contributed by atoms with Gasteiger partial charge in [0.25, 0.3) is 0 Å². The minimum Gasteiger partial charge on any atom is -0.299 e. The third-order valence-electron chi connectivity index (χ3n) is 2.82. The van der Waals surface area contributed by atoms with Crippen LogP contribution in [0.15, 0.2) is 0 Å². The zero-order valence-corrected chi connectivity index (χ0v) is 9.25. The van der Waals surface area contributed by atoms with E-state index >= 15 is 0 Å². The number of carbonyl (C=O) groups is 2. The maximum Gasteiger partial charge on any atom is 0.159 e. The van der Waals surface area contributed by atoms with Gasteiger partial charge in [-0.25, -0.2) is 0 Å². The molecule has 0 bridgehead atoms. The van der Waals surface area contributed by atoms with E-state index in [1.54, 1.807) is 4.90 Å². The molecule has 1 saturated heterocycles. The highest BCUT2D eigenvalue weighted by Gasteiger charge is 2.27. The quantitative estimate of drug-likeness (QED) is 0.585. The fraction of sp³-hybridized carbons (Fsp3) is 0.800. The maximum atomic E-state index is 11.5. The van der Waals surface area contributed by atoms with Gasteiger partial charge >= 0.3 is 0 Å². The van der Waals surface area contributed by atoms with Gasteiger partial charge in [-0.1, -0.05) is 19.7 Å². The largest absolute Gasteiger partial charge is 0.299 e. The summed E-state index contributed by atoms with van der Waals surface area (Å²) in [5, 5.41) is 0. The van der Waals surface area contributed by atoms with Crippen LogP contribution in [0.25, 0.3) is 0 Å². The van der Waals surface area contributed by atoms with Crippen molar-refractivity contribution in [3.8, 4) is 0 Å². The monoisotopic (exact) mass is 195 g/mol. The Bertz CT molecular complexity index is 220. The molecule has 4 heteroatoms. The van der Waals surface area contributed by atoms with E-state index in [-0.39, 0.29) is 18.3 Å². The van der Waals surface area contributed by atoms with E-state index in [0.29, 0.717) is 31.5 Å². The van der Waals surface area contributed by atoms with Crippen molar-refractivity contribution < 1.29 is 9.59 Å². The molecule has 0 aliphatic carbocycles. The molecule has 78 valence electrons. The van der Waals surface area contributed by atoms with Crippen LogP contribution in [0.4, 0.5) is 0 Å². The Labute approximate surface area is 85.9 Å². The molecule has 0 amide bonds. The van der Waals surface area contributed by atoms with Crippen molar-refractivity contribution in [3.63, 3.8) is 0 Å². The average molecular weight is 195 g/mol. The summed E-state index contributed by atoms with van der Waals surface area (Å²) in [4.78, 5) is 24.8. The van der Waals surface area contributed by atoms with Crippen molar-refractivity contribution >= 4 is 18.3 Å². The topological polar surface area (TPSA) is 37.4 Å². The van der Waals surface area contributed by atoms with Gasteiger partial charge in [-0.2, -0.15) is 0 Å². The summed E-state index contributed by atoms with van der Waals surface area (Å²) >= 11 is 0. The molecule has 3 nitrogen and oxygen atoms in total. The van der Waals surface area contributed by atoms with Crippen LogP contribution >= 0.6 is 0 Å². The number of rotatable bonds is 1. The summed E-state index contributed by atoms with van der Waals surface area (Å²) < 4.78 is 0. The maximum absolute atomic E-state index is 11.5. The molecule has 0 aromatic carbocycles. The molecule has 1 rings (SSSR count).